The van der Waals surface area contributed by atoms with Gasteiger partial charge in [-0.3, -0.25) is 14.5 Å². The van der Waals surface area contributed by atoms with Gasteiger partial charge in [-0.15, -0.1) is 22.5 Å². The van der Waals surface area contributed by atoms with Crippen LogP contribution in [0.3, 0.4) is 0 Å². The summed E-state index contributed by atoms with van der Waals surface area (Å²) in [4.78, 5) is 38.6. The number of hydrogen-bond acceptors (Lipinski definition) is 8. The minimum Gasteiger partial charge on any atom is -0.480 e. The molecular weight excluding hydrogens is 334 g/mol. The summed E-state index contributed by atoms with van der Waals surface area (Å²) in [6.07, 6.45) is 0.751. The highest BCUT2D eigenvalue weighted by atomic mass is 35.5. The first kappa shape index (κ1) is 21.4. The van der Waals surface area contributed by atoms with Crippen molar-refractivity contribution >= 4 is 24.3 Å². The van der Waals surface area contributed by atoms with Crippen LogP contribution >= 0.6 is 12.4 Å². The predicted molar refractivity (Wildman–Crippen MR) is 80.6 cm³/mol. The third-order valence-electron chi connectivity index (χ3n) is 3.42. The van der Waals surface area contributed by atoms with Gasteiger partial charge >= 0.3 is 11.9 Å². The highest BCUT2D eigenvalue weighted by molar-refractivity contribution is 5.85. The lowest BCUT2D eigenvalue weighted by Gasteiger charge is -2.30. The Labute approximate surface area is 139 Å². The molecule has 0 aliphatic carbocycles. The second-order valence-corrected chi connectivity index (χ2v) is 5.07. The molecule has 1 saturated heterocycles. The number of likely N-dealkylation sites (tertiary alicyclic amines) is 1. The number of carboxylic acids is 1. The van der Waals surface area contributed by atoms with Crippen LogP contribution in [0.1, 0.15) is 25.7 Å². The first-order valence-corrected chi connectivity index (χ1v) is 7.06. The Balaban J connectivity index is 0.00000484. The number of nitrogens with zero attached hydrogens (tertiary/aromatic N) is 2. The smallest absolute Gasteiger partial charge is 0.320 e. The maximum atomic E-state index is 11.4. The lowest BCUT2D eigenvalue weighted by Crippen LogP contribution is -2.39. The van der Waals surface area contributed by atoms with Crippen LogP contribution in [0.25, 0.3) is 0 Å². The first-order valence-electron chi connectivity index (χ1n) is 7.06. The summed E-state index contributed by atoms with van der Waals surface area (Å²) in [5.74, 6) is -1.63. The van der Waals surface area contributed by atoms with Crippen molar-refractivity contribution in [3.63, 3.8) is 0 Å². The van der Waals surface area contributed by atoms with Crippen molar-refractivity contribution in [2.24, 2.45) is 5.73 Å². The van der Waals surface area contributed by atoms with E-state index in [2.05, 4.69) is 4.84 Å². The molecule has 3 N–H and O–H groups in total. The van der Waals surface area contributed by atoms with Crippen LogP contribution in [-0.2, 0) is 19.2 Å². The Morgan fingerprint density at radius 2 is 2.00 bits per heavy atom. The van der Waals surface area contributed by atoms with E-state index >= 15 is 0 Å². The summed E-state index contributed by atoms with van der Waals surface area (Å²) < 4.78 is 5.00. The molecule has 0 saturated carbocycles. The zero-order chi connectivity index (χ0) is 16.5. The Morgan fingerprint density at radius 1 is 1.39 bits per heavy atom. The molecule has 0 radical (unpaired) electrons. The van der Waals surface area contributed by atoms with E-state index in [1.807, 2.05) is 4.90 Å². The molecule has 0 aromatic carbocycles. The van der Waals surface area contributed by atoms with Crippen molar-refractivity contribution in [3.05, 3.63) is 10.1 Å². The van der Waals surface area contributed by atoms with Gasteiger partial charge in [-0.1, -0.05) is 0 Å². The van der Waals surface area contributed by atoms with Gasteiger partial charge in [0, 0.05) is 26.1 Å². The van der Waals surface area contributed by atoms with E-state index in [1.54, 1.807) is 0 Å². The maximum absolute atomic E-state index is 11.4. The van der Waals surface area contributed by atoms with E-state index in [9.17, 15) is 19.7 Å². The van der Waals surface area contributed by atoms with Crippen LogP contribution in [0, 0.1) is 10.1 Å². The number of piperidine rings is 1. The van der Waals surface area contributed by atoms with Gasteiger partial charge in [0.15, 0.2) is 0 Å². The lowest BCUT2D eigenvalue weighted by molar-refractivity contribution is -0.769. The highest BCUT2D eigenvalue weighted by Crippen LogP contribution is 2.13. The van der Waals surface area contributed by atoms with Gasteiger partial charge in [0.2, 0.25) is 0 Å². The van der Waals surface area contributed by atoms with Crippen LogP contribution in [0.15, 0.2) is 0 Å². The fourth-order valence-electron chi connectivity index (χ4n) is 2.12. The summed E-state index contributed by atoms with van der Waals surface area (Å²) in [5, 5.41) is 18.0. The number of carbonyl (C=O) groups is 2. The van der Waals surface area contributed by atoms with Crippen molar-refractivity contribution in [2.45, 2.75) is 37.8 Å². The van der Waals surface area contributed by atoms with E-state index in [-0.39, 0.29) is 38.0 Å². The van der Waals surface area contributed by atoms with Gasteiger partial charge < -0.3 is 20.4 Å². The standard InChI is InChI=1S/C12H21N3O7.ClH/c13-10(12(17)18)1-2-11(16)21-8-7-14-5-3-9(4-6-14)22-15(19)20;/h9-10H,1-8,13H2,(H,17,18);1H/t10-;/m0./s1. The molecule has 23 heavy (non-hydrogen) atoms. The molecule has 0 amide bonds. The van der Waals surface area contributed by atoms with Gasteiger partial charge in [0.1, 0.15) is 18.8 Å². The SMILES string of the molecule is Cl.N[C@@H](CCC(=O)OCCN1CCC(O[N+](=O)[O-])CC1)C(=O)O. The molecule has 0 spiro atoms. The van der Waals surface area contributed by atoms with Crippen molar-refractivity contribution in [1.82, 2.24) is 4.90 Å². The molecule has 1 heterocycles. The molecule has 1 aliphatic heterocycles. The second kappa shape index (κ2) is 11.0. The molecule has 134 valence electrons. The van der Waals surface area contributed by atoms with Gasteiger partial charge in [-0.25, -0.2) is 0 Å². The largest absolute Gasteiger partial charge is 0.480 e. The topological polar surface area (TPSA) is 145 Å². The minimum absolute atomic E-state index is 0. The number of carbonyl (C=O) groups excluding carboxylic acids is 1. The van der Waals surface area contributed by atoms with E-state index in [0.717, 1.165) is 0 Å². The summed E-state index contributed by atoms with van der Waals surface area (Å²) >= 11 is 0. The number of hydrogen-bond donors (Lipinski definition) is 2. The van der Waals surface area contributed by atoms with Crippen molar-refractivity contribution < 1.29 is 29.4 Å². The average molecular weight is 356 g/mol. The van der Waals surface area contributed by atoms with Gasteiger partial charge in [-0.2, -0.15) is 0 Å². The third kappa shape index (κ3) is 9.16. The van der Waals surface area contributed by atoms with E-state index in [4.69, 9.17) is 15.6 Å². The summed E-state index contributed by atoms with van der Waals surface area (Å²) in [6, 6.07) is -1.06. The van der Waals surface area contributed by atoms with Gasteiger partial charge in [0.05, 0.1) is 0 Å². The molecular formula is C12H22ClN3O7. The Hall–Kier alpha value is -1.65. The Kier molecular flexibility index (Phi) is 10.2. The van der Waals surface area contributed by atoms with E-state index < -0.39 is 23.1 Å². The van der Waals surface area contributed by atoms with Crippen molar-refractivity contribution in [3.8, 4) is 0 Å². The number of esters is 1. The number of nitrogens with two attached hydrogens (primary N) is 1. The molecule has 1 atom stereocenters. The molecule has 0 bridgehead atoms. The number of halogens is 1. The lowest BCUT2D eigenvalue weighted by atomic mass is 10.1. The molecule has 1 rings (SSSR count). The number of aliphatic carboxylic acids is 1. The molecule has 0 unspecified atom stereocenters. The van der Waals surface area contributed by atoms with Crippen LogP contribution in [0.4, 0.5) is 0 Å². The Bertz CT molecular complexity index is 402. The van der Waals surface area contributed by atoms with Gasteiger partial charge in [0.25, 0.3) is 5.09 Å². The second-order valence-electron chi connectivity index (χ2n) is 5.07. The zero-order valence-corrected chi connectivity index (χ0v) is 13.4. The maximum Gasteiger partial charge on any atom is 0.320 e. The molecule has 0 aromatic rings. The summed E-state index contributed by atoms with van der Waals surface area (Å²) in [6.45, 7) is 2.00. The van der Waals surface area contributed by atoms with E-state index in [0.29, 0.717) is 32.5 Å². The minimum atomic E-state index is -1.15. The molecule has 0 aromatic heterocycles. The van der Waals surface area contributed by atoms with Gasteiger partial charge in [-0.05, 0) is 19.3 Å². The molecule has 1 aliphatic rings. The van der Waals surface area contributed by atoms with Crippen LogP contribution in [0.2, 0.25) is 0 Å². The Morgan fingerprint density at radius 3 is 2.52 bits per heavy atom. The van der Waals surface area contributed by atoms with Crippen LogP contribution in [0.5, 0.6) is 0 Å². The fourth-order valence-corrected chi connectivity index (χ4v) is 2.12. The molecule has 10 nitrogen and oxygen atoms in total. The van der Waals surface area contributed by atoms with E-state index in [1.165, 1.54) is 0 Å². The van der Waals surface area contributed by atoms with Crippen LogP contribution < -0.4 is 5.73 Å². The summed E-state index contributed by atoms with van der Waals surface area (Å²) in [5.41, 5.74) is 5.28. The number of ether oxygens (including phenoxy) is 1. The summed E-state index contributed by atoms with van der Waals surface area (Å²) in [7, 11) is 0. The predicted octanol–water partition coefficient (Wildman–Crippen LogP) is -0.184. The molecule has 11 heteroatoms. The number of rotatable bonds is 9. The highest BCUT2D eigenvalue weighted by Gasteiger charge is 2.22. The molecule has 1 fully saturated rings. The monoisotopic (exact) mass is 355 g/mol. The average Bonchev–Trinajstić information content (AvgIpc) is 2.46. The fraction of sp³-hybridized carbons (Fsp3) is 0.833. The van der Waals surface area contributed by atoms with Crippen molar-refractivity contribution in [2.75, 3.05) is 26.2 Å². The first-order chi connectivity index (χ1) is 10.4. The normalized spacial score (nSPS) is 16.9. The quantitative estimate of drug-likeness (QED) is 0.326. The number of carboxylic acid groups (broad SMARTS) is 1. The van der Waals surface area contributed by atoms with Crippen molar-refractivity contribution in [1.29, 1.82) is 0 Å². The third-order valence-corrected chi connectivity index (χ3v) is 3.42. The zero-order valence-electron chi connectivity index (χ0n) is 12.6. The van der Waals surface area contributed by atoms with Crippen LogP contribution in [-0.4, -0.2) is 65.4 Å².